The molecule has 2 aromatic rings. The van der Waals surface area contributed by atoms with Crippen molar-refractivity contribution in [1.29, 1.82) is 0 Å². The Bertz CT molecular complexity index is 686. The molecule has 0 unspecified atom stereocenters. The summed E-state index contributed by atoms with van der Waals surface area (Å²) in [7, 11) is 0. The van der Waals surface area contributed by atoms with Crippen molar-refractivity contribution in [1.82, 2.24) is 25.3 Å². The van der Waals surface area contributed by atoms with Gasteiger partial charge in [-0.25, -0.2) is 0 Å². The van der Waals surface area contributed by atoms with Crippen LogP contribution < -0.4 is 5.32 Å². The summed E-state index contributed by atoms with van der Waals surface area (Å²) in [6.45, 7) is 5.74. The van der Waals surface area contributed by atoms with Crippen LogP contribution in [-0.4, -0.2) is 31.2 Å². The lowest BCUT2D eigenvalue weighted by Gasteiger charge is -2.10. The molecule has 0 saturated heterocycles. The largest absolute Gasteiger partial charge is 0.451 e. The first-order valence-electron chi connectivity index (χ1n) is 6.68. The molecule has 2 heterocycles. The van der Waals surface area contributed by atoms with Crippen LogP contribution >= 0.6 is 0 Å². The second-order valence-corrected chi connectivity index (χ2v) is 5.82. The van der Waals surface area contributed by atoms with Crippen LogP contribution in [0.5, 0.6) is 0 Å². The molecule has 1 amide bonds. The third kappa shape index (κ3) is 4.50. The highest BCUT2D eigenvalue weighted by Gasteiger charge is 2.35. The molecule has 0 bridgehead atoms. The molecule has 0 aliphatic carbocycles. The van der Waals surface area contributed by atoms with Gasteiger partial charge in [0.05, 0.1) is 0 Å². The van der Waals surface area contributed by atoms with Crippen LogP contribution in [-0.2, 0) is 22.8 Å². The van der Waals surface area contributed by atoms with Crippen molar-refractivity contribution in [3.8, 4) is 0 Å². The second-order valence-electron chi connectivity index (χ2n) is 5.82. The third-order valence-electron chi connectivity index (χ3n) is 2.71. The fourth-order valence-corrected chi connectivity index (χ4v) is 1.51. The van der Waals surface area contributed by atoms with E-state index in [2.05, 4.69) is 25.5 Å². The number of anilines is 1. The van der Waals surface area contributed by atoms with Gasteiger partial charge in [0.1, 0.15) is 0 Å². The Balaban J connectivity index is 1.88. The van der Waals surface area contributed by atoms with E-state index in [1.807, 2.05) is 20.8 Å². The molecule has 0 radical (unpaired) electrons. The molecule has 126 valence electrons. The lowest BCUT2D eigenvalue weighted by Crippen LogP contribution is -2.15. The van der Waals surface area contributed by atoms with Crippen LogP contribution in [0.15, 0.2) is 4.52 Å². The molecule has 0 saturated carbocycles. The van der Waals surface area contributed by atoms with Gasteiger partial charge in [0.25, 0.3) is 0 Å². The zero-order valence-corrected chi connectivity index (χ0v) is 12.7. The van der Waals surface area contributed by atoms with E-state index in [0.29, 0.717) is 5.82 Å². The number of nitrogens with zero attached hydrogens (tertiary/aromatic N) is 4. The predicted octanol–water partition coefficient (Wildman–Crippen LogP) is 2.08. The van der Waals surface area contributed by atoms with Crippen LogP contribution in [0.1, 0.15) is 44.7 Å². The number of alkyl halides is 3. The zero-order valence-electron chi connectivity index (χ0n) is 12.7. The lowest BCUT2D eigenvalue weighted by atomic mass is 9.96. The molecule has 0 aromatic carbocycles. The smallest absolute Gasteiger partial charge is 0.339 e. The van der Waals surface area contributed by atoms with Crippen molar-refractivity contribution in [2.75, 3.05) is 5.32 Å². The number of H-pyrrole nitrogens is 1. The van der Waals surface area contributed by atoms with E-state index in [4.69, 9.17) is 4.52 Å². The molecule has 2 rings (SSSR count). The lowest BCUT2D eigenvalue weighted by molar-refractivity contribution is -0.144. The second kappa shape index (κ2) is 5.97. The van der Waals surface area contributed by atoms with Gasteiger partial charge < -0.3 is 4.52 Å². The minimum atomic E-state index is -4.65. The van der Waals surface area contributed by atoms with Crippen LogP contribution in [0.2, 0.25) is 0 Å². The highest BCUT2D eigenvalue weighted by atomic mass is 19.4. The number of halogens is 3. The van der Waals surface area contributed by atoms with E-state index in [0.717, 1.165) is 0 Å². The van der Waals surface area contributed by atoms with Crippen LogP contribution in [0.3, 0.4) is 0 Å². The zero-order chi connectivity index (χ0) is 17.3. The molecular formula is C12H15F3N6O2. The summed E-state index contributed by atoms with van der Waals surface area (Å²) >= 11 is 0. The Morgan fingerprint density at radius 3 is 2.48 bits per heavy atom. The van der Waals surface area contributed by atoms with Crippen LogP contribution in [0, 0.1) is 0 Å². The van der Waals surface area contributed by atoms with Gasteiger partial charge >= 0.3 is 6.18 Å². The number of aryl methyl sites for hydroxylation is 1. The van der Waals surface area contributed by atoms with Crippen molar-refractivity contribution in [3.05, 3.63) is 17.5 Å². The Kier molecular flexibility index (Phi) is 4.39. The van der Waals surface area contributed by atoms with E-state index in [1.165, 1.54) is 0 Å². The molecule has 2 aromatic heterocycles. The number of carbonyl (C=O) groups is 1. The average Bonchev–Trinajstić information content (AvgIpc) is 3.03. The summed E-state index contributed by atoms with van der Waals surface area (Å²) in [6.07, 6.45) is -4.55. The maximum atomic E-state index is 12.3. The number of amides is 1. The van der Waals surface area contributed by atoms with E-state index in [-0.39, 0.29) is 24.1 Å². The van der Waals surface area contributed by atoms with Crippen molar-refractivity contribution < 1.29 is 22.5 Å². The van der Waals surface area contributed by atoms with Crippen LogP contribution in [0.4, 0.5) is 19.1 Å². The Morgan fingerprint density at radius 1 is 1.26 bits per heavy atom. The number of hydrogen-bond acceptors (Lipinski definition) is 6. The predicted molar refractivity (Wildman–Crippen MR) is 71.3 cm³/mol. The standard InChI is InChI=1S/C12H15F3N6O2/c1-11(2,3)8-17-7(23-21-8)5-4-6(22)16-10-18-9(19-20-10)12(13,14)15/h4-5H2,1-3H3,(H2,16,18,19,20,22). The summed E-state index contributed by atoms with van der Waals surface area (Å²) < 4.78 is 42.0. The SMILES string of the molecule is CC(C)(C)c1noc(CCC(=O)Nc2n[nH]c(C(F)(F)F)n2)n1. The van der Waals surface area contributed by atoms with E-state index < -0.39 is 23.9 Å². The van der Waals surface area contributed by atoms with Gasteiger partial charge in [-0.3, -0.25) is 15.2 Å². The molecule has 2 N–H and O–H groups in total. The highest BCUT2D eigenvalue weighted by Crippen LogP contribution is 2.26. The molecule has 0 aliphatic rings. The molecule has 0 atom stereocenters. The van der Waals surface area contributed by atoms with Gasteiger partial charge in [0, 0.05) is 18.3 Å². The summed E-state index contributed by atoms with van der Waals surface area (Å²) in [6, 6.07) is 0. The molecule has 0 aliphatic heterocycles. The Morgan fingerprint density at radius 2 is 1.96 bits per heavy atom. The first-order chi connectivity index (χ1) is 10.6. The number of aromatic nitrogens is 5. The Hall–Kier alpha value is -2.46. The number of hydrogen-bond donors (Lipinski definition) is 2. The molecule has 0 spiro atoms. The van der Waals surface area contributed by atoms with Crippen molar-refractivity contribution in [2.24, 2.45) is 0 Å². The quantitative estimate of drug-likeness (QED) is 0.887. The van der Waals surface area contributed by atoms with E-state index in [1.54, 1.807) is 5.10 Å². The highest BCUT2D eigenvalue weighted by molar-refractivity contribution is 5.88. The molecular weight excluding hydrogens is 317 g/mol. The minimum absolute atomic E-state index is 0.0539. The van der Waals surface area contributed by atoms with Crippen LogP contribution in [0.25, 0.3) is 0 Å². The summed E-state index contributed by atoms with van der Waals surface area (Å²) in [5.74, 6) is -1.50. The fraction of sp³-hybridized carbons (Fsp3) is 0.583. The summed E-state index contributed by atoms with van der Waals surface area (Å²) in [5.41, 5.74) is -0.281. The monoisotopic (exact) mass is 332 g/mol. The first kappa shape index (κ1) is 16.9. The maximum Gasteiger partial charge on any atom is 0.451 e. The van der Waals surface area contributed by atoms with Gasteiger partial charge in [-0.05, 0) is 0 Å². The number of nitrogens with one attached hydrogen (secondary N) is 2. The molecule has 23 heavy (non-hydrogen) atoms. The van der Waals surface area contributed by atoms with E-state index in [9.17, 15) is 18.0 Å². The molecule has 8 nitrogen and oxygen atoms in total. The normalized spacial score (nSPS) is 12.4. The fourth-order valence-electron chi connectivity index (χ4n) is 1.51. The van der Waals surface area contributed by atoms with Gasteiger partial charge in [0.15, 0.2) is 5.82 Å². The third-order valence-corrected chi connectivity index (χ3v) is 2.71. The maximum absolute atomic E-state index is 12.3. The first-order valence-corrected chi connectivity index (χ1v) is 6.68. The molecule has 0 fully saturated rings. The minimum Gasteiger partial charge on any atom is -0.339 e. The van der Waals surface area contributed by atoms with Gasteiger partial charge in [-0.15, -0.1) is 5.10 Å². The van der Waals surface area contributed by atoms with Gasteiger partial charge in [0.2, 0.25) is 23.6 Å². The van der Waals surface area contributed by atoms with E-state index >= 15 is 0 Å². The van der Waals surface area contributed by atoms with Crippen molar-refractivity contribution in [2.45, 2.75) is 45.2 Å². The number of aromatic amines is 1. The summed E-state index contributed by atoms with van der Waals surface area (Å²) in [5, 5.41) is 10.9. The van der Waals surface area contributed by atoms with Gasteiger partial charge in [-0.2, -0.15) is 23.1 Å². The number of rotatable bonds is 4. The average molecular weight is 332 g/mol. The topological polar surface area (TPSA) is 110 Å². The summed E-state index contributed by atoms with van der Waals surface area (Å²) in [4.78, 5) is 19.0. The molecule has 11 heteroatoms. The van der Waals surface area contributed by atoms with Gasteiger partial charge in [-0.1, -0.05) is 25.9 Å². The van der Waals surface area contributed by atoms with Crippen molar-refractivity contribution >= 4 is 11.9 Å². The number of carbonyl (C=O) groups excluding carboxylic acids is 1. The van der Waals surface area contributed by atoms with Crippen molar-refractivity contribution in [3.63, 3.8) is 0 Å². The Labute approximate surface area is 128 Å².